The normalized spacial score (nSPS) is 10.5. The maximum absolute atomic E-state index is 5.35. The predicted molar refractivity (Wildman–Crippen MR) is 91.9 cm³/mol. The molecule has 2 aromatic carbocycles. The molecule has 0 aliphatic heterocycles. The summed E-state index contributed by atoms with van der Waals surface area (Å²) in [5.74, 6) is 1.45. The average molecular weight is 415 g/mol. The lowest BCUT2D eigenvalue weighted by molar-refractivity contribution is 0.352. The minimum atomic E-state index is 0.717. The van der Waals surface area contributed by atoms with Crippen molar-refractivity contribution in [2.75, 3.05) is 14.2 Å². The van der Waals surface area contributed by atoms with Crippen molar-refractivity contribution in [2.24, 2.45) is 0 Å². The van der Waals surface area contributed by atoms with Gasteiger partial charge in [0, 0.05) is 17.6 Å². The van der Waals surface area contributed by atoms with E-state index in [-0.39, 0.29) is 0 Å². The van der Waals surface area contributed by atoms with Crippen LogP contribution in [-0.4, -0.2) is 14.2 Å². The molecule has 0 aliphatic carbocycles. The number of methoxy groups -OCH3 is 2. The van der Waals surface area contributed by atoms with Gasteiger partial charge in [0.25, 0.3) is 0 Å². The molecule has 21 heavy (non-hydrogen) atoms. The van der Waals surface area contributed by atoms with Crippen molar-refractivity contribution in [3.8, 4) is 11.5 Å². The molecule has 0 fully saturated rings. The first-order valence-corrected chi connectivity index (χ1v) is 8.08. The maximum atomic E-state index is 5.35. The highest BCUT2D eigenvalue weighted by Crippen LogP contribution is 2.36. The van der Waals surface area contributed by atoms with E-state index in [2.05, 4.69) is 49.3 Å². The number of rotatable bonds is 6. The van der Waals surface area contributed by atoms with Gasteiger partial charge in [0.2, 0.25) is 0 Å². The van der Waals surface area contributed by atoms with Gasteiger partial charge in [-0.2, -0.15) is 0 Å². The molecular weight excluding hydrogens is 398 g/mol. The fourth-order valence-electron chi connectivity index (χ4n) is 2.03. The molecule has 0 saturated carbocycles. The first-order chi connectivity index (χ1) is 10.1. The minimum Gasteiger partial charge on any atom is -0.493 e. The van der Waals surface area contributed by atoms with Crippen molar-refractivity contribution in [1.82, 2.24) is 5.32 Å². The Bertz CT molecular complexity index is 600. The van der Waals surface area contributed by atoms with E-state index in [0.29, 0.717) is 5.75 Å². The molecule has 0 heterocycles. The zero-order valence-electron chi connectivity index (χ0n) is 12.0. The van der Waals surface area contributed by atoms with Gasteiger partial charge in [-0.25, -0.2) is 0 Å². The van der Waals surface area contributed by atoms with Crippen molar-refractivity contribution in [3.63, 3.8) is 0 Å². The van der Waals surface area contributed by atoms with E-state index in [1.54, 1.807) is 14.2 Å². The van der Waals surface area contributed by atoms with Crippen LogP contribution in [0.4, 0.5) is 0 Å². The molecule has 0 radical (unpaired) electrons. The molecule has 2 rings (SSSR count). The van der Waals surface area contributed by atoms with E-state index in [9.17, 15) is 0 Å². The van der Waals surface area contributed by atoms with Crippen molar-refractivity contribution in [1.29, 1.82) is 0 Å². The average Bonchev–Trinajstić information content (AvgIpc) is 2.48. The fourth-order valence-corrected chi connectivity index (χ4v) is 2.94. The predicted octanol–water partition coefficient (Wildman–Crippen LogP) is 4.52. The van der Waals surface area contributed by atoms with Crippen LogP contribution in [-0.2, 0) is 13.1 Å². The Morgan fingerprint density at radius 2 is 1.57 bits per heavy atom. The molecule has 1 N–H and O–H groups in total. The standard InChI is InChI=1S/C16H17Br2NO2/c1-20-15-8-12(7-14(18)16(15)21-2)10-19-9-11-3-5-13(17)6-4-11/h3-8,19H,9-10H2,1-2H3. The Kier molecular flexibility index (Phi) is 6.08. The number of nitrogens with one attached hydrogen (secondary N) is 1. The lowest BCUT2D eigenvalue weighted by atomic mass is 10.2. The van der Waals surface area contributed by atoms with Gasteiger partial charge in [-0.1, -0.05) is 28.1 Å². The highest BCUT2D eigenvalue weighted by Gasteiger charge is 2.10. The van der Waals surface area contributed by atoms with Crippen LogP contribution in [0.3, 0.4) is 0 Å². The van der Waals surface area contributed by atoms with E-state index in [1.165, 1.54) is 5.56 Å². The van der Waals surface area contributed by atoms with E-state index >= 15 is 0 Å². The van der Waals surface area contributed by atoms with Crippen molar-refractivity contribution < 1.29 is 9.47 Å². The molecule has 0 spiro atoms. The number of halogens is 2. The maximum Gasteiger partial charge on any atom is 0.174 e. The summed E-state index contributed by atoms with van der Waals surface area (Å²) in [5.41, 5.74) is 2.38. The van der Waals surface area contributed by atoms with E-state index < -0.39 is 0 Å². The molecule has 3 nitrogen and oxygen atoms in total. The molecular formula is C16H17Br2NO2. The van der Waals surface area contributed by atoms with Crippen LogP contribution in [0.2, 0.25) is 0 Å². The largest absolute Gasteiger partial charge is 0.493 e. The molecule has 0 aliphatic rings. The quantitative estimate of drug-likeness (QED) is 0.753. The lowest BCUT2D eigenvalue weighted by Gasteiger charge is -2.12. The molecule has 112 valence electrons. The lowest BCUT2D eigenvalue weighted by Crippen LogP contribution is -2.12. The Hall–Kier alpha value is -1.04. The second-order valence-electron chi connectivity index (χ2n) is 4.54. The molecule has 0 aromatic heterocycles. The van der Waals surface area contributed by atoms with Gasteiger partial charge in [0.05, 0.1) is 18.7 Å². The second-order valence-corrected chi connectivity index (χ2v) is 6.31. The van der Waals surface area contributed by atoms with Crippen LogP contribution < -0.4 is 14.8 Å². The van der Waals surface area contributed by atoms with E-state index in [4.69, 9.17) is 9.47 Å². The molecule has 0 atom stereocenters. The zero-order chi connectivity index (χ0) is 15.2. The molecule has 0 bridgehead atoms. The first-order valence-electron chi connectivity index (χ1n) is 6.49. The van der Waals surface area contributed by atoms with Crippen LogP contribution in [0.5, 0.6) is 11.5 Å². The highest BCUT2D eigenvalue weighted by atomic mass is 79.9. The van der Waals surface area contributed by atoms with Crippen LogP contribution in [0.25, 0.3) is 0 Å². The van der Waals surface area contributed by atoms with Crippen LogP contribution in [0, 0.1) is 0 Å². The number of ether oxygens (including phenoxy) is 2. The first kappa shape index (κ1) is 16.3. The van der Waals surface area contributed by atoms with Gasteiger partial charge in [-0.15, -0.1) is 0 Å². The summed E-state index contributed by atoms with van der Waals surface area (Å²) >= 11 is 6.94. The van der Waals surface area contributed by atoms with Gasteiger partial charge in [-0.3, -0.25) is 0 Å². The van der Waals surface area contributed by atoms with Crippen molar-refractivity contribution in [2.45, 2.75) is 13.1 Å². The van der Waals surface area contributed by atoms with Crippen molar-refractivity contribution in [3.05, 3.63) is 56.5 Å². The third-order valence-corrected chi connectivity index (χ3v) is 4.18. The molecule has 0 amide bonds. The summed E-state index contributed by atoms with van der Waals surface area (Å²) in [6.07, 6.45) is 0. The third-order valence-electron chi connectivity index (χ3n) is 3.06. The molecule has 0 unspecified atom stereocenters. The Morgan fingerprint density at radius 3 is 2.19 bits per heavy atom. The van der Waals surface area contributed by atoms with E-state index in [0.717, 1.165) is 33.3 Å². The van der Waals surface area contributed by atoms with Crippen molar-refractivity contribution >= 4 is 31.9 Å². The number of hydrogen-bond acceptors (Lipinski definition) is 3. The molecule has 5 heteroatoms. The monoisotopic (exact) mass is 413 g/mol. The SMILES string of the molecule is COc1cc(CNCc2ccc(Br)cc2)cc(Br)c1OC. The van der Waals surface area contributed by atoms with Crippen LogP contribution >= 0.6 is 31.9 Å². The summed E-state index contributed by atoms with van der Waals surface area (Å²) in [7, 11) is 3.28. The van der Waals surface area contributed by atoms with Gasteiger partial charge in [0.15, 0.2) is 11.5 Å². The molecule has 0 saturated heterocycles. The van der Waals surface area contributed by atoms with Crippen LogP contribution in [0.1, 0.15) is 11.1 Å². The topological polar surface area (TPSA) is 30.5 Å². The fraction of sp³-hybridized carbons (Fsp3) is 0.250. The molecule has 2 aromatic rings. The van der Waals surface area contributed by atoms with Gasteiger partial charge < -0.3 is 14.8 Å². The number of benzene rings is 2. The Morgan fingerprint density at radius 1 is 0.905 bits per heavy atom. The Labute approximate surface area is 141 Å². The third kappa shape index (κ3) is 4.46. The Balaban J connectivity index is 2.00. The summed E-state index contributed by atoms with van der Waals surface area (Å²) in [5, 5.41) is 3.42. The summed E-state index contributed by atoms with van der Waals surface area (Å²) in [4.78, 5) is 0. The number of hydrogen-bond donors (Lipinski definition) is 1. The van der Waals surface area contributed by atoms with Crippen LogP contribution in [0.15, 0.2) is 45.3 Å². The summed E-state index contributed by atoms with van der Waals surface area (Å²) in [6, 6.07) is 12.3. The minimum absolute atomic E-state index is 0.717. The smallest absolute Gasteiger partial charge is 0.174 e. The van der Waals surface area contributed by atoms with Gasteiger partial charge in [0.1, 0.15) is 0 Å². The zero-order valence-corrected chi connectivity index (χ0v) is 15.1. The second kappa shape index (κ2) is 7.82. The van der Waals surface area contributed by atoms with Gasteiger partial charge in [-0.05, 0) is 51.3 Å². The van der Waals surface area contributed by atoms with E-state index in [1.807, 2.05) is 24.3 Å². The summed E-state index contributed by atoms with van der Waals surface area (Å²) < 4.78 is 12.6. The van der Waals surface area contributed by atoms with Gasteiger partial charge >= 0.3 is 0 Å². The highest BCUT2D eigenvalue weighted by molar-refractivity contribution is 9.10. The summed E-state index contributed by atoms with van der Waals surface area (Å²) in [6.45, 7) is 1.58.